The zero-order valence-electron chi connectivity index (χ0n) is 13.2. The molecule has 1 aromatic heterocycles. The van der Waals surface area contributed by atoms with E-state index in [4.69, 9.17) is 0 Å². The first kappa shape index (κ1) is 15.6. The second kappa shape index (κ2) is 7.89. The van der Waals surface area contributed by atoms with E-state index >= 15 is 0 Å². The highest BCUT2D eigenvalue weighted by Crippen LogP contribution is 2.21. The number of rotatable bonds is 7. The van der Waals surface area contributed by atoms with E-state index in [0.29, 0.717) is 5.92 Å². The molecule has 1 aromatic carbocycles. The molecule has 3 nitrogen and oxygen atoms in total. The van der Waals surface area contributed by atoms with Crippen molar-refractivity contribution in [3.63, 3.8) is 0 Å². The summed E-state index contributed by atoms with van der Waals surface area (Å²) in [5, 5.41) is 3.56. The quantitative estimate of drug-likeness (QED) is 0.840. The fraction of sp³-hybridized carbons (Fsp3) is 0.444. The number of hydrogen-bond donors (Lipinski definition) is 1. The van der Waals surface area contributed by atoms with Crippen molar-refractivity contribution in [3.8, 4) is 0 Å². The molecule has 2 rings (SSSR count). The van der Waals surface area contributed by atoms with Crippen molar-refractivity contribution in [1.82, 2.24) is 15.3 Å². The maximum atomic E-state index is 4.43. The average molecular weight is 283 g/mol. The lowest BCUT2D eigenvalue weighted by Gasteiger charge is -2.18. The molecule has 0 fully saturated rings. The van der Waals surface area contributed by atoms with Gasteiger partial charge in [-0.05, 0) is 42.5 Å². The molecule has 0 aliphatic carbocycles. The Hall–Kier alpha value is -1.74. The molecule has 0 spiro atoms. The van der Waals surface area contributed by atoms with E-state index < -0.39 is 0 Å². The molecule has 0 aliphatic heterocycles. The molecule has 0 aliphatic rings. The fourth-order valence-corrected chi connectivity index (χ4v) is 2.48. The Kier molecular flexibility index (Phi) is 5.88. The Morgan fingerprint density at radius 3 is 2.52 bits per heavy atom. The lowest BCUT2D eigenvalue weighted by atomic mass is 9.98. The summed E-state index contributed by atoms with van der Waals surface area (Å²) < 4.78 is 0. The Balaban J connectivity index is 2.28. The van der Waals surface area contributed by atoms with Gasteiger partial charge < -0.3 is 5.32 Å². The summed E-state index contributed by atoms with van der Waals surface area (Å²) in [6.07, 6.45) is 5.81. The van der Waals surface area contributed by atoms with Gasteiger partial charge in [0.1, 0.15) is 5.82 Å². The molecule has 3 heteroatoms. The van der Waals surface area contributed by atoms with Crippen LogP contribution in [0.1, 0.15) is 50.2 Å². The molecule has 1 heterocycles. The molecule has 0 saturated heterocycles. The van der Waals surface area contributed by atoms with Crippen LogP contribution in [0.15, 0.2) is 42.7 Å². The van der Waals surface area contributed by atoms with Crippen molar-refractivity contribution in [2.45, 2.75) is 39.7 Å². The van der Waals surface area contributed by atoms with Crippen molar-refractivity contribution < 1.29 is 0 Å². The van der Waals surface area contributed by atoms with Gasteiger partial charge in [0.05, 0.1) is 6.04 Å². The molecule has 1 unspecified atom stereocenters. The second-order valence-electron chi connectivity index (χ2n) is 5.84. The minimum atomic E-state index is 0.0678. The van der Waals surface area contributed by atoms with Crippen molar-refractivity contribution in [1.29, 1.82) is 0 Å². The number of hydrogen-bond acceptors (Lipinski definition) is 3. The first-order chi connectivity index (χ1) is 10.2. The van der Waals surface area contributed by atoms with Crippen molar-refractivity contribution >= 4 is 0 Å². The van der Waals surface area contributed by atoms with Crippen LogP contribution in [0.25, 0.3) is 0 Å². The van der Waals surface area contributed by atoms with Gasteiger partial charge >= 0.3 is 0 Å². The number of aromatic nitrogens is 2. The predicted molar refractivity (Wildman–Crippen MR) is 87.2 cm³/mol. The maximum Gasteiger partial charge on any atom is 0.149 e. The summed E-state index contributed by atoms with van der Waals surface area (Å²) in [4.78, 5) is 8.85. The summed E-state index contributed by atoms with van der Waals surface area (Å²) >= 11 is 0. The monoisotopic (exact) mass is 283 g/mol. The molecule has 0 saturated carbocycles. The van der Waals surface area contributed by atoms with E-state index in [9.17, 15) is 0 Å². The van der Waals surface area contributed by atoms with Crippen molar-refractivity contribution in [3.05, 3.63) is 59.7 Å². The molecule has 112 valence electrons. The van der Waals surface area contributed by atoms with Gasteiger partial charge in [-0.1, -0.05) is 45.0 Å². The van der Waals surface area contributed by atoms with Gasteiger partial charge in [0.2, 0.25) is 0 Å². The van der Waals surface area contributed by atoms with E-state index in [1.165, 1.54) is 11.1 Å². The minimum absolute atomic E-state index is 0.0678. The SMILES string of the molecule is CCCNC(c1cccc(CC(C)C)c1)c1ncccn1. The third-order valence-electron chi connectivity index (χ3n) is 3.37. The van der Waals surface area contributed by atoms with Crippen LogP contribution in [0.4, 0.5) is 0 Å². The Morgan fingerprint density at radius 1 is 1.10 bits per heavy atom. The molecule has 0 radical (unpaired) electrons. The largest absolute Gasteiger partial charge is 0.304 e. The van der Waals surface area contributed by atoms with Crippen molar-refractivity contribution in [2.24, 2.45) is 5.92 Å². The van der Waals surface area contributed by atoms with Gasteiger partial charge in [-0.15, -0.1) is 0 Å². The van der Waals surface area contributed by atoms with Gasteiger partial charge in [0.15, 0.2) is 0 Å². The van der Waals surface area contributed by atoms with E-state index in [1.807, 2.05) is 6.07 Å². The molecular weight excluding hydrogens is 258 g/mol. The van der Waals surface area contributed by atoms with Crippen LogP contribution in [-0.4, -0.2) is 16.5 Å². The van der Waals surface area contributed by atoms with Crippen molar-refractivity contribution in [2.75, 3.05) is 6.54 Å². The third-order valence-corrected chi connectivity index (χ3v) is 3.37. The summed E-state index contributed by atoms with van der Waals surface area (Å²) in [7, 11) is 0. The molecule has 0 bridgehead atoms. The van der Waals surface area contributed by atoms with Crippen LogP contribution in [0.5, 0.6) is 0 Å². The topological polar surface area (TPSA) is 37.8 Å². The number of nitrogens with zero attached hydrogens (tertiary/aromatic N) is 2. The lowest BCUT2D eigenvalue weighted by molar-refractivity contribution is 0.570. The smallest absolute Gasteiger partial charge is 0.149 e. The van der Waals surface area contributed by atoms with E-state index in [-0.39, 0.29) is 6.04 Å². The normalized spacial score (nSPS) is 12.6. The van der Waals surface area contributed by atoms with Gasteiger partial charge in [-0.2, -0.15) is 0 Å². The Bertz CT molecular complexity index is 537. The third kappa shape index (κ3) is 4.64. The fourth-order valence-electron chi connectivity index (χ4n) is 2.48. The predicted octanol–water partition coefficient (Wildman–Crippen LogP) is 3.76. The highest BCUT2D eigenvalue weighted by Gasteiger charge is 2.16. The molecule has 0 amide bonds. The molecule has 2 aromatic rings. The summed E-state index contributed by atoms with van der Waals surface area (Å²) in [5.41, 5.74) is 2.62. The number of nitrogens with one attached hydrogen (secondary N) is 1. The van der Waals surface area contributed by atoms with Gasteiger partial charge in [0, 0.05) is 12.4 Å². The van der Waals surface area contributed by atoms with E-state index in [0.717, 1.165) is 25.2 Å². The highest BCUT2D eigenvalue weighted by atomic mass is 15.0. The van der Waals surface area contributed by atoms with Crippen LogP contribution in [0, 0.1) is 5.92 Å². The maximum absolute atomic E-state index is 4.43. The average Bonchev–Trinajstić information content (AvgIpc) is 2.48. The van der Waals surface area contributed by atoms with Gasteiger partial charge in [-0.25, -0.2) is 9.97 Å². The summed E-state index contributed by atoms with van der Waals surface area (Å²) in [6, 6.07) is 10.7. The minimum Gasteiger partial charge on any atom is -0.304 e. The van der Waals surface area contributed by atoms with Gasteiger partial charge in [0.25, 0.3) is 0 Å². The lowest BCUT2D eigenvalue weighted by Crippen LogP contribution is -2.25. The first-order valence-corrected chi connectivity index (χ1v) is 7.79. The Labute approximate surface area is 127 Å². The van der Waals surface area contributed by atoms with Crippen LogP contribution < -0.4 is 5.32 Å². The van der Waals surface area contributed by atoms with Crippen LogP contribution >= 0.6 is 0 Å². The van der Waals surface area contributed by atoms with Gasteiger partial charge in [-0.3, -0.25) is 0 Å². The zero-order valence-corrected chi connectivity index (χ0v) is 13.2. The van der Waals surface area contributed by atoms with Crippen LogP contribution in [0.3, 0.4) is 0 Å². The second-order valence-corrected chi connectivity index (χ2v) is 5.84. The molecule has 1 N–H and O–H groups in total. The van der Waals surface area contributed by atoms with Crippen LogP contribution in [-0.2, 0) is 6.42 Å². The summed E-state index contributed by atoms with van der Waals surface area (Å²) in [6.45, 7) is 7.63. The zero-order chi connectivity index (χ0) is 15.1. The first-order valence-electron chi connectivity index (χ1n) is 7.79. The Morgan fingerprint density at radius 2 is 1.86 bits per heavy atom. The van der Waals surface area contributed by atoms with E-state index in [2.05, 4.69) is 60.3 Å². The highest BCUT2D eigenvalue weighted by molar-refractivity contribution is 5.30. The molecular formula is C18H25N3. The molecule has 21 heavy (non-hydrogen) atoms. The molecule has 1 atom stereocenters. The standard InChI is InChI=1S/C18H25N3/c1-4-9-19-17(18-20-10-6-11-21-18)16-8-5-7-15(13-16)12-14(2)3/h5-8,10-11,13-14,17,19H,4,9,12H2,1-3H3. The number of benzene rings is 1. The van der Waals surface area contributed by atoms with Crippen LogP contribution in [0.2, 0.25) is 0 Å². The van der Waals surface area contributed by atoms with E-state index in [1.54, 1.807) is 12.4 Å². The summed E-state index contributed by atoms with van der Waals surface area (Å²) in [5.74, 6) is 1.50.